The lowest BCUT2D eigenvalue weighted by molar-refractivity contribution is -0.394. The maximum Gasteiger partial charge on any atom is 0.344 e. The second-order valence-corrected chi connectivity index (χ2v) is 9.52. The van der Waals surface area contributed by atoms with Crippen LogP contribution in [0, 0.1) is 20.2 Å². The van der Waals surface area contributed by atoms with E-state index in [-0.39, 0.29) is 22.8 Å². The Morgan fingerprint density at radius 1 is 0.973 bits per heavy atom. The first kappa shape index (κ1) is 25.7. The Kier molecular flexibility index (Phi) is 7.45. The number of hydrogen-bond acceptors (Lipinski definition) is 9. The molecule has 0 N–H and O–H groups in total. The van der Waals surface area contributed by atoms with Crippen molar-refractivity contribution in [1.29, 1.82) is 0 Å². The number of hydrogen-bond donors (Lipinski definition) is 0. The zero-order valence-corrected chi connectivity index (χ0v) is 20.9. The van der Waals surface area contributed by atoms with Gasteiger partial charge in [-0.25, -0.2) is 4.79 Å². The number of thioether (sulfide) groups is 1. The van der Waals surface area contributed by atoms with Crippen molar-refractivity contribution >= 4 is 62.3 Å². The predicted octanol–water partition coefficient (Wildman–Crippen LogP) is 5.72. The highest BCUT2D eigenvalue weighted by molar-refractivity contribution is 9.10. The van der Waals surface area contributed by atoms with Gasteiger partial charge in [-0.3, -0.25) is 34.7 Å². The Morgan fingerprint density at radius 2 is 1.62 bits per heavy atom. The van der Waals surface area contributed by atoms with Crippen LogP contribution in [0.4, 0.5) is 16.2 Å². The number of esters is 1. The third-order valence-corrected chi connectivity index (χ3v) is 6.49. The maximum absolute atomic E-state index is 12.8. The summed E-state index contributed by atoms with van der Waals surface area (Å²) in [6.07, 6.45) is 1.47. The monoisotopic (exact) mass is 583 g/mol. The molecule has 1 fully saturated rings. The fourth-order valence-corrected chi connectivity index (χ4v) is 4.42. The molecule has 186 valence electrons. The average Bonchev–Trinajstić information content (AvgIpc) is 3.12. The molecule has 1 aliphatic heterocycles. The van der Waals surface area contributed by atoms with E-state index in [4.69, 9.17) is 4.74 Å². The van der Waals surface area contributed by atoms with Crippen molar-refractivity contribution < 1.29 is 29.0 Å². The van der Waals surface area contributed by atoms with Gasteiger partial charge in [0.1, 0.15) is 5.75 Å². The Bertz CT molecular complexity index is 1460. The van der Waals surface area contributed by atoms with Gasteiger partial charge in [0.2, 0.25) is 0 Å². The molecule has 1 saturated heterocycles. The van der Waals surface area contributed by atoms with Crippen molar-refractivity contribution in [3.8, 4) is 5.75 Å². The number of benzene rings is 3. The normalized spacial score (nSPS) is 14.2. The number of nitro groups is 2. The SMILES string of the molecule is O=C(Oc1cccc(/C=C2\SC(=O)N(Cc3ccc(Br)cc3)C2=O)c1)c1cc([N+](=O)[O-])cc([N+](=O)[O-])c1. The van der Waals surface area contributed by atoms with Gasteiger partial charge < -0.3 is 4.74 Å². The van der Waals surface area contributed by atoms with Gasteiger partial charge in [-0.2, -0.15) is 0 Å². The summed E-state index contributed by atoms with van der Waals surface area (Å²) in [4.78, 5) is 59.6. The first-order valence-corrected chi connectivity index (χ1v) is 12.0. The van der Waals surface area contributed by atoms with Crippen LogP contribution in [0.15, 0.2) is 76.1 Å². The molecule has 0 bridgehead atoms. The molecule has 0 radical (unpaired) electrons. The van der Waals surface area contributed by atoms with Crippen molar-refractivity contribution in [2.75, 3.05) is 0 Å². The van der Waals surface area contributed by atoms with Gasteiger partial charge in [0.05, 0.1) is 32.9 Å². The van der Waals surface area contributed by atoms with Crippen molar-refractivity contribution in [2.24, 2.45) is 0 Å². The largest absolute Gasteiger partial charge is 0.423 e. The minimum atomic E-state index is -1.04. The van der Waals surface area contributed by atoms with E-state index in [1.54, 1.807) is 18.2 Å². The Hall–Kier alpha value is -4.36. The molecule has 0 unspecified atom stereocenters. The molecule has 0 saturated carbocycles. The lowest BCUT2D eigenvalue weighted by Crippen LogP contribution is -2.27. The molecule has 13 heteroatoms. The molecule has 1 heterocycles. The van der Waals surface area contributed by atoms with Gasteiger partial charge in [-0.15, -0.1) is 0 Å². The Morgan fingerprint density at radius 3 is 2.24 bits per heavy atom. The molecule has 1 aliphatic rings. The van der Waals surface area contributed by atoms with E-state index in [9.17, 15) is 34.6 Å². The molecule has 0 spiro atoms. The van der Waals surface area contributed by atoms with Crippen LogP contribution in [-0.4, -0.2) is 31.9 Å². The number of carbonyl (C=O) groups excluding carboxylic acids is 3. The summed E-state index contributed by atoms with van der Waals surface area (Å²) in [5.74, 6) is -1.48. The maximum atomic E-state index is 12.8. The lowest BCUT2D eigenvalue weighted by Gasteiger charge is -2.12. The van der Waals surface area contributed by atoms with E-state index in [1.165, 1.54) is 24.3 Å². The highest BCUT2D eigenvalue weighted by Crippen LogP contribution is 2.34. The number of ether oxygens (including phenoxy) is 1. The van der Waals surface area contributed by atoms with E-state index in [2.05, 4.69) is 15.9 Å². The van der Waals surface area contributed by atoms with Crippen LogP contribution >= 0.6 is 27.7 Å². The third kappa shape index (κ3) is 6.08. The van der Waals surface area contributed by atoms with E-state index >= 15 is 0 Å². The van der Waals surface area contributed by atoms with Gasteiger partial charge >= 0.3 is 5.97 Å². The van der Waals surface area contributed by atoms with Crippen LogP contribution < -0.4 is 4.74 Å². The first-order valence-electron chi connectivity index (χ1n) is 10.4. The van der Waals surface area contributed by atoms with Crippen LogP contribution in [0.2, 0.25) is 0 Å². The quantitative estimate of drug-likeness (QED) is 0.112. The lowest BCUT2D eigenvalue weighted by atomic mass is 10.1. The minimum absolute atomic E-state index is 0.0296. The summed E-state index contributed by atoms with van der Waals surface area (Å²) >= 11 is 4.11. The van der Waals surface area contributed by atoms with E-state index in [1.807, 2.05) is 12.1 Å². The van der Waals surface area contributed by atoms with E-state index < -0.39 is 38.3 Å². The molecule has 37 heavy (non-hydrogen) atoms. The smallest absolute Gasteiger partial charge is 0.344 e. The van der Waals surface area contributed by atoms with Gasteiger partial charge in [0, 0.05) is 16.6 Å². The number of carbonyl (C=O) groups is 3. The number of nitrogens with zero attached hydrogens (tertiary/aromatic N) is 3. The minimum Gasteiger partial charge on any atom is -0.423 e. The van der Waals surface area contributed by atoms with Crippen molar-refractivity contribution in [3.05, 3.63) is 113 Å². The van der Waals surface area contributed by atoms with Gasteiger partial charge in [0.15, 0.2) is 0 Å². The highest BCUT2D eigenvalue weighted by atomic mass is 79.9. The van der Waals surface area contributed by atoms with Crippen LogP contribution in [0.5, 0.6) is 5.75 Å². The topological polar surface area (TPSA) is 150 Å². The highest BCUT2D eigenvalue weighted by Gasteiger charge is 2.35. The standard InChI is InChI=1S/C24H14BrN3O8S/c25-17-6-4-14(5-7-17)13-26-22(29)21(37-24(26)31)9-15-2-1-3-20(8-15)36-23(30)16-10-18(27(32)33)12-19(11-16)28(34)35/h1-12H,13H2/b21-9-. The van der Waals surface area contributed by atoms with Crippen LogP contribution in [-0.2, 0) is 11.3 Å². The zero-order chi connectivity index (χ0) is 26.7. The molecule has 2 amide bonds. The Balaban J connectivity index is 1.52. The number of imide groups is 1. The molecule has 0 aliphatic carbocycles. The summed E-state index contributed by atoms with van der Waals surface area (Å²) in [5.41, 5.74) is -0.408. The van der Waals surface area contributed by atoms with E-state index in [0.29, 0.717) is 5.56 Å². The second kappa shape index (κ2) is 10.7. The molecule has 3 aromatic carbocycles. The van der Waals surface area contributed by atoms with Crippen LogP contribution in [0.3, 0.4) is 0 Å². The number of rotatable bonds is 7. The average molecular weight is 584 g/mol. The fourth-order valence-electron chi connectivity index (χ4n) is 3.32. The van der Waals surface area contributed by atoms with Gasteiger partial charge in [-0.05, 0) is 53.2 Å². The third-order valence-electron chi connectivity index (χ3n) is 5.05. The molecular weight excluding hydrogens is 570 g/mol. The number of non-ortho nitro benzene ring substituents is 2. The molecule has 4 rings (SSSR count). The van der Waals surface area contributed by atoms with Crippen molar-refractivity contribution in [2.45, 2.75) is 6.54 Å². The molecule has 3 aromatic rings. The second-order valence-electron chi connectivity index (χ2n) is 7.61. The molecule has 11 nitrogen and oxygen atoms in total. The van der Waals surface area contributed by atoms with Crippen molar-refractivity contribution in [1.82, 2.24) is 4.90 Å². The van der Waals surface area contributed by atoms with Crippen LogP contribution in [0.25, 0.3) is 6.08 Å². The van der Waals surface area contributed by atoms with Gasteiger partial charge in [0.25, 0.3) is 22.5 Å². The van der Waals surface area contributed by atoms with Gasteiger partial charge in [-0.1, -0.05) is 40.2 Å². The number of amides is 2. The summed E-state index contributed by atoms with van der Waals surface area (Å²) in [7, 11) is 0. The predicted molar refractivity (Wildman–Crippen MR) is 137 cm³/mol. The summed E-state index contributed by atoms with van der Waals surface area (Å²) in [6.45, 7) is 0.113. The summed E-state index contributed by atoms with van der Waals surface area (Å²) < 4.78 is 6.12. The molecule has 0 atom stereocenters. The van der Waals surface area contributed by atoms with Crippen LogP contribution in [0.1, 0.15) is 21.5 Å². The van der Waals surface area contributed by atoms with Crippen molar-refractivity contribution in [3.63, 3.8) is 0 Å². The zero-order valence-electron chi connectivity index (χ0n) is 18.5. The Labute approximate surface area is 221 Å². The fraction of sp³-hybridized carbons (Fsp3) is 0.0417. The van der Waals surface area contributed by atoms with E-state index in [0.717, 1.165) is 44.9 Å². The first-order chi connectivity index (χ1) is 17.6. The summed E-state index contributed by atoms with van der Waals surface area (Å²) in [6, 6.07) is 15.7. The molecular formula is C24H14BrN3O8S. The number of nitro benzene ring substituents is 2. The number of halogens is 1. The molecule has 0 aromatic heterocycles. The summed E-state index contributed by atoms with van der Waals surface area (Å²) in [5, 5.41) is 21.7.